The van der Waals surface area contributed by atoms with Crippen molar-refractivity contribution in [2.45, 2.75) is 19.4 Å². The number of ether oxygens (including phenoxy) is 2. The molecule has 0 radical (unpaired) electrons. The lowest BCUT2D eigenvalue weighted by molar-refractivity contribution is -0.149. The summed E-state index contributed by atoms with van der Waals surface area (Å²) in [5.74, 6) is -0.501. The van der Waals surface area contributed by atoms with Gasteiger partial charge in [-0.15, -0.1) is 0 Å². The number of nitrogens with one attached hydrogen (secondary N) is 1. The molecule has 0 aliphatic rings. The van der Waals surface area contributed by atoms with Crippen LogP contribution in [-0.2, 0) is 20.9 Å². The summed E-state index contributed by atoms with van der Waals surface area (Å²) in [5, 5.41) is 5.38. The predicted molar refractivity (Wildman–Crippen MR) is 113 cm³/mol. The maximum absolute atomic E-state index is 12.4. The van der Waals surface area contributed by atoms with Gasteiger partial charge in [0, 0.05) is 11.6 Å². The molecule has 5 nitrogen and oxygen atoms in total. The zero-order valence-corrected chi connectivity index (χ0v) is 17.0. The molecule has 150 valence electrons. The smallest absolute Gasteiger partial charge is 0.313 e. The molecule has 3 rings (SSSR count). The fourth-order valence-corrected chi connectivity index (χ4v) is 3.02. The highest BCUT2D eigenvalue weighted by Gasteiger charge is 2.18. The molecule has 0 aromatic heterocycles. The van der Waals surface area contributed by atoms with Crippen LogP contribution in [0.3, 0.4) is 0 Å². The minimum absolute atomic E-state index is 0.318. The van der Waals surface area contributed by atoms with E-state index < -0.39 is 11.9 Å². The van der Waals surface area contributed by atoms with E-state index in [0.717, 1.165) is 27.6 Å². The van der Waals surface area contributed by atoms with Gasteiger partial charge in [-0.05, 0) is 53.1 Å². The van der Waals surface area contributed by atoms with Crippen LogP contribution < -0.4 is 10.1 Å². The molecule has 1 amide bonds. The third kappa shape index (κ3) is 5.48. The second kappa shape index (κ2) is 9.43. The molecule has 0 heterocycles. The van der Waals surface area contributed by atoms with Gasteiger partial charge in [0.25, 0.3) is 5.91 Å². The number of amides is 1. The van der Waals surface area contributed by atoms with Crippen molar-refractivity contribution in [1.82, 2.24) is 5.32 Å². The Morgan fingerprint density at radius 3 is 2.41 bits per heavy atom. The zero-order chi connectivity index (χ0) is 20.8. The van der Waals surface area contributed by atoms with E-state index in [1.54, 1.807) is 26.2 Å². The number of methoxy groups -OCH3 is 1. The highest BCUT2D eigenvalue weighted by molar-refractivity contribution is 6.30. The molecule has 6 heteroatoms. The third-order valence-corrected chi connectivity index (χ3v) is 4.93. The van der Waals surface area contributed by atoms with Gasteiger partial charge in [0.15, 0.2) is 6.61 Å². The average Bonchev–Trinajstić information content (AvgIpc) is 2.75. The van der Waals surface area contributed by atoms with Crippen molar-refractivity contribution >= 4 is 34.2 Å². The SMILES string of the molecule is COc1ccc2cc([C@H](C)C(=O)OCC(=O)NCc3ccc(Cl)cc3)ccc2c1. The lowest BCUT2D eigenvalue weighted by atomic mass is 9.98. The minimum atomic E-state index is -0.481. The van der Waals surface area contributed by atoms with Gasteiger partial charge in [-0.3, -0.25) is 9.59 Å². The Bertz CT molecular complexity index is 1020. The van der Waals surface area contributed by atoms with Crippen molar-refractivity contribution in [1.29, 1.82) is 0 Å². The third-order valence-electron chi connectivity index (χ3n) is 4.67. The van der Waals surface area contributed by atoms with Gasteiger partial charge in [0.2, 0.25) is 0 Å². The molecule has 0 saturated carbocycles. The summed E-state index contributed by atoms with van der Waals surface area (Å²) in [6.45, 7) is 1.79. The minimum Gasteiger partial charge on any atom is -0.497 e. The van der Waals surface area contributed by atoms with Crippen molar-refractivity contribution < 1.29 is 19.1 Å². The molecule has 29 heavy (non-hydrogen) atoms. The first kappa shape index (κ1) is 20.7. The summed E-state index contributed by atoms with van der Waals surface area (Å²) in [7, 11) is 1.62. The van der Waals surface area contributed by atoms with E-state index in [2.05, 4.69) is 5.32 Å². The summed E-state index contributed by atoms with van der Waals surface area (Å²) in [6.07, 6.45) is 0. The molecule has 0 fully saturated rings. The van der Waals surface area contributed by atoms with E-state index in [9.17, 15) is 9.59 Å². The Morgan fingerprint density at radius 1 is 1.00 bits per heavy atom. The average molecular weight is 412 g/mol. The van der Waals surface area contributed by atoms with Gasteiger partial charge < -0.3 is 14.8 Å². The van der Waals surface area contributed by atoms with Crippen LogP contribution >= 0.6 is 11.6 Å². The van der Waals surface area contributed by atoms with Crippen molar-refractivity contribution in [3.8, 4) is 5.75 Å². The summed E-state index contributed by atoms with van der Waals surface area (Å²) >= 11 is 5.83. The Morgan fingerprint density at radius 2 is 1.69 bits per heavy atom. The topological polar surface area (TPSA) is 64.6 Å². The molecule has 0 bridgehead atoms. The fraction of sp³-hybridized carbons (Fsp3) is 0.217. The van der Waals surface area contributed by atoms with Gasteiger partial charge >= 0.3 is 5.97 Å². The lowest BCUT2D eigenvalue weighted by Crippen LogP contribution is -2.29. The molecule has 3 aromatic rings. The van der Waals surface area contributed by atoms with E-state index in [4.69, 9.17) is 21.1 Å². The van der Waals surface area contributed by atoms with Crippen LogP contribution in [0.5, 0.6) is 5.75 Å². The number of rotatable bonds is 7. The molecule has 0 aliphatic heterocycles. The first-order valence-corrected chi connectivity index (χ1v) is 9.59. The Kier molecular flexibility index (Phi) is 6.73. The van der Waals surface area contributed by atoms with Crippen LogP contribution in [0.4, 0.5) is 0 Å². The van der Waals surface area contributed by atoms with E-state index in [0.29, 0.717) is 11.6 Å². The molecule has 1 N–H and O–H groups in total. The number of halogens is 1. The van der Waals surface area contributed by atoms with Gasteiger partial charge in [-0.1, -0.05) is 48.0 Å². The van der Waals surface area contributed by atoms with Gasteiger partial charge in [0.1, 0.15) is 5.75 Å². The van der Waals surface area contributed by atoms with Crippen molar-refractivity contribution in [3.63, 3.8) is 0 Å². The molecule has 0 spiro atoms. The van der Waals surface area contributed by atoms with E-state index in [1.165, 1.54) is 0 Å². The number of esters is 1. The van der Waals surface area contributed by atoms with Crippen LogP contribution in [0.25, 0.3) is 10.8 Å². The standard InChI is InChI=1S/C23H22ClNO4/c1-15(17-5-6-19-12-21(28-2)10-7-18(19)11-17)23(27)29-14-22(26)25-13-16-3-8-20(24)9-4-16/h3-12,15H,13-14H2,1-2H3,(H,25,26)/t15-/m0/s1. The number of hydrogen-bond donors (Lipinski definition) is 1. The van der Waals surface area contributed by atoms with Crippen LogP contribution in [0.15, 0.2) is 60.7 Å². The molecule has 0 unspecified atom stereocenters. The Hall–Kier alpha value is -3.05. The highest BCUT2D eigenvalue weighted by atomic mass is 35.5. The Labute approximate surface area is 174 Å². The monoisotopic (exact) mass is 411 g/mol. The lowest BCUT2D eigenvalue weighted by Gasteiger charge is -2.13. The maximum Gasteiger partial charge on any atom is 0.313 e. The van der Waals surface area contributed by atoms with Crippen molar-refractivity contribution in [2.24, 2.45) is 0 Å². The number of benzene rings is 3. The second-order valence-corrected chi connectivity index (χ2v) is 7.14. The number of carbonyl (C=O) groups is 2. The van der Waals surface area contributed by atoms with Crippen LogP contribution in [0.2, 0.25) is 5.02 Å². The summed E-state index contributed by atoms with van der Waals surface area (Å²) < 4.78 is 10.4. The first-order chi connectivity index (χ1) is 14.0. The summed E-state index contributed by atoms with van der Waals surface area (Å²) in [5.41, 5.74) is 1.74. The van der Waals surface area contributed by atoms with Gasteiger partial charge in [-0.2, -0.15) is 0 Å². The molecular formula is C23H22ClNO4. The van der Waals surface area contributed by atoms with E-state index >= 15 is 0 Å². The number of carbonyl (C=O) groups excluding carboxylic acids is 2. The number of fused-ring (bicyclic) bond motifs is 1. The zero-order valence-electron chi connectivity index (χ0n) is 16.3. The summed E-state index contributed by atoms with van der Waals surface area (Å²) in [6, 6.07) is 18.7. The Balaban J connectivity index is 1.53. The maximum atomic E-state index is 12.4. The van der Waals surface area contributed by atoms with Crippen molar-refractivity contribution in [3.05, 3.63) is 76.8 Å². The molecule has 0 aliphatic carbocycles. The quantitative estimate of drug-likeness (QED) is 0.583. The molecule has 1 atom stereocenters. The second-order valence-electron chi connectivity index (χ2n) is 6.71. The normalized spacial score (nSPS) is 11.7. The molecule has 3 aromatic carbocycles. The van der Waals surface area contributed by atoms with Crippen molar-refractivity contribution in [2.75, 3.05) is 13.7 Å². The fourth-order valence-electron chi connectivity index (χ4n) is 2.89. The molecule has 0 saturated heterocycles. The van der Waals surface area contributed by atoms with E-state index in [-0.39, 0.29) is 12.5 Å². The molecular weight excluding hydrogens is 390 g/mol. The number of hydrogen-bond acceptors (Lipinski definition) is 4. The van der Waals surface area contributed by atoms with Crippen LogP contribution in [0.1, 0.15) is 24.0 Å². The van der Waals surface area contributed by atoms with Gasteiger partial charge in [0.05, 0.1) is 13.0 Å². The van der Waals surface area contributed by atoms with E-state index in [1.807, 2.05) is 48.5 Å². The van der Waals surface area contributed by atoms with Gasteiger partial charge in [-0.25, -0.2) is 0 Å². The van der Waals surface area contributed by atoms with Crippen LogP contribution in [-0.4, -0.2) is 25.6 Å². The van der Waals surface area contributed by atoms with Crippen LogP contribution in [0, 0.1) is 0 Å². The first-order valence-electron chi connectivity index (χ1n) is 9.22. The highest BCUT2D eigenvalue weighted by Crippen LogP contribution is 2.25. The summed E-state index contributed by atoms with van der Waals surface area (Å²) in [4.78, 5) is 24.3. The predicted octanol–water partition coefficient (Wildman–Crippen LogP) is 4.46. The largest absolute Gasteiger partial charge is 0.497 e.